The summed E-state index contributed by atoms with van der Waals surface area (Å²) in [6.45, 7) is 0. The summed E-state index contributed by atoms with van der Waals surface area (Å²) >= 11 is 0. The van der Waals surface area contributed by atoms with Crippen molar-refractivity contribution < 1.29 is 4.74 Å². The molecule has 0 radical (unpaired) electrons. The monoisotopic (exact) mass is 222 g/mol. The minimum Gasteiger partial charge on any atom is -0.394 e. The van der Waals surface area contributed by atoms with E-state index < -0.39 is 0 Å². The van der Waals surface area contributed by atoms with Crippen LogP contribution in [0.1, 0.15) is 31.7 Å². The molecule has 1 heterocycles. The molecule has 4 nitrogen and oxygen atoms in total. The van der Waals surface area contributed by atoms with Crippen LogP contribution >= 0.6 is 0 Å². The first-order valence-corrected chi connectivity index (χ1v) is 5.72. The lowest BCUT2D eigenvalue weighted by Gasteiger charge is -2.29. The van der Waals surface area contributed by atoms with Crippen molar-refractivity contribution in [3.8, 4) is 0 Å². The molecule has 1 aromatic rings. The molecule has 0 amide bonds. The first-order valence-electron chi connectivity index (χ1n) is 5.72. The summed E-state index contributed by atoms with van der Waals surface area (Å²) in [6, 6.07) is 3.71. The Morgan fingerprint density at radius 3 is 3.06 bits per heavy atom. The highest BCUT2D eigenvalue weighted by Gasteiger charge is 2.23. The Bertz CT molecular complexity index is 414. The van der Waals surface area contributed by atoms with Crippen LogP contribution < -0.4 is 11.3 Å². The minimum absolute atomic E-state index is 0.0794. The van der Waals surface area contributed by atoms with Gasteiger partial charge < -0.3 is 15.0 Å². The fraction of sp³-hybridized carbons (Fsp3) is 0.583. The van der Waals surface area contributed by atoms with E-state index in [9.17, 15) is 4.79 Å². The van der Waals surface area contributed by atoms with Crippen LogP contribution in [-0.4, -0.2) is 17.8 Å². The molecule has 1 fully saturated rings. The van der Waals surface area contributed by atoms with Gasteiger partial charge >= 0.3 is 0 Å². The second-order valence-corrected chi connectivity index (χ2v) is 4.35. The SMILES string of the molecule is CO[C@H]1CCCC(n2cccc(N)c2=O)C1. The smallest absolute Gasteiger partial charge is 0.273 e. The van der Waals surface area contributed by atoms with Crippen molar-refractivity contribution in [1.29, 1.82) is 0 Å². The number of hydrogen-bond acceptors (Lipinski definition) is 3. The van der Waals surface area contributed by atoms with E-state index in [1.807, 2.05) is 12.3 Å². The number of rotatable bonds is 2. The fourth-order valence-electron chi connectivity index (χ4n) is 2.40. The Morgan fingerprint density at radius 1 is 1.50 bits per heavy atom. The van der Waals surface area contributed by atoms with Crippen molar-refractivity contribution in [2.75, 3.05) is 12.8 Å². The van der Waals surface area contributed by atoms with Gasteiger partial charge in [-0.05, 0) is 37.8 Å². The van der Waals surface area contributed by atoms with Crippen molar-refractivity contribution >= 4 is 5.69 Å². The van der Waals surface area contributed by atoms with Gasteiger partial charge in [0.2, 0.25) is 0 Å². The highest BCUT2D eigenvalue weighted by atomic mass is 16.5. The van der Waals surface area contributed by atoms with Crippen molar-refractivity contribution in [1.82, 2.24) is 4.57 Å². The Labute approximate surface area is 95.0 Å². The summed E-state index contributed by atoms with van der Waals surface area (Å²) in [5.74, 6) is 0. The van der Waals surface area contributed by atoms with Crippen molar-refractivity contribution in [3.05, 3.63) is 28.7 Å². The summed E-state index contributed by atoms with van der Waals surface area (Å²) in [5, 5.41) is 0. The molecule has 88 valence electrons. The lowest BCUT2D eigenvalue weighted by molar-refractivity contribution is 0.0525. The van der Waals surface area contributed by atoms with Crippen LogP contribution in [0.15, 0.2) is 23.1 Å². The number of methoxy groups -OCH3 is 1. The topological polar surface area (TPSA) is 57.2 Å². The number of hydrogen-bond donors (Lipinski definition) is 1. The zero-order valence-electron chi connectivity index (χ0n) is 9.56. The van der Waals surface area contributed by atoms with Crippen molar-refractivity contribution in [3.63, 3.8) is 0 Å². The van der Waals surface area contributed by atoms with Gasteiger partial charge in [-0.1, -0.05) is 0 Å². The quantitative estimate of drug-likeness (QED) is 0.826. The molecular formula is C12H18N2O2. The van der Waals surface area contributed by atoms with Gasteiger partial charge in [0.25, 0.3) is 5.56 Å². The summed E-state index contributed by atoms with van der Waals surface area (Å²) in [6.07, 6.45) is 6.21. The number of anilines is 1. The molecule has 2 N–H and O–H groups in total. The van der Waals surface area contributed by atoms with Crippen molar-refractivity contribution in [2.45, 2.75) is 37.8 Å². The van der Waals surface area contributed by atoms with Gasteiger partial charge in [0, 0.05) is 19.3 Å². The maximum atomic E-state index is 11.9. The second kappa shape index (κ2) is 4.70. The van der Waals surface area contributed by atoms with E-state index in [1.165, 1.54) is 0 Å². The largest absolute Gasteiger partial charge is 0.394 e. The molecule has 1 aliphatic rings. The van der Waals surface area contributed by atoms with Crippen molar-refractivity contribution in [2.24, 2.45) is 0 Å². The number of nitrogens with zero attached hydrogens (tertiary/aromatic N) is 1. The first-order chi connectivity index (χ1) is 7.72. The van der Waals surface area contributed by atoms with Crippen LogP contribution in [0.25, 0.3) is 0 Å². The van der Waals surface area contributed by atoms with Gasteiger partial charge in [-0.15, -0.1) is 0 Å². The fourth-order valence-corrected chi connectivity index (χ4v) is 2.40. The summed E-state index contributed by atoms with van der Waals surface area (Å²) in [4.78, 5) is 11.9. The Balaban J connectivity index is 2.23. The molecular weight excluding hydrogens is 204 g/mol. The molecule has 0 aliphatic heterocycles. The number of aromatic nitrogens is 1. The predicted octanol–water partition coefficient (Wildman–Crippen LogP) is 1.56. The van der Waals surface area contributed by atoms with Gasteiger partial charge in [-0.25, -0.2) is 0 Å². The summed E-state index contributed by atoms with van der Waals surface area (Å²) in [5.41, 5.74) is 5.87. The maximum absolute atomic E-state index is 11.9. The van der Waals surface area contributed by atoms with Gasteiger partial charge in [0.1, 0.15) is 0 Å². The summed E-state index contributed by atoms with van der Waals surface area (Å²) < 4.78 is 7.12. The highest BCUT2D eigenvalue weighted by molar-refractivity contribution is 5.33. The van der Waals surface area contributed by atoms with Crippen LogP contribution in [0.2, 0.25) is 0 Å². The lowest BCUT2D eigenvalue weighted by atomic mass is 9.92. The normalized spacial score (nSPS) is 25.6. The van der Waals surface area contributed by atoms with E-state index in [-0.39, 0.29) is 17.7 Å². The van der Waals surface area contributed by atoms with Crippen LogP contribution in [-0.2, 0) is 4.74 Å². The molecule has 0 bridgehead atoms. The molecule has 0 saturated heterocycles. The van der Waals surface area contributed by atoms with E-state index in [4.69, 9.17) is 10.5 Å². The van der Waals surface area contributed by atoms with E-state index in [0.717, 1.165) is 25.7 Å². The number of ether oxygens (including phenoxy) is 1. The molecule has 2 atom stereocenters. The van der Waals surface area contributed by atoms with Gasteiger partial charge in [0.05, 0.1) is 11.8 Å². The number of nitrogen functional groups attached to an aromatic ring is 1. The predicted molar refractivity (Wildman–Crippen MR) is 63.4 cm³/mol. The minimum atomic E-state index is -0.0794. The van der Waals surface area contributed by atoms with Crippen LogP contribution in [0.3, 0.4) is 0 Å². The molecule has 0 aromatic carbocycles. The Hall–Kier alpha value is -1.29. The first kappa shape index (κ1) is 11.2. The van der Waals surface area contributed by atoms with E-state index in [0.29, 0.717) is 5.69 Å². The second-order valence-electron chi connectivity index (χ2n) is 4.35. The maximum Gasteiger partial charge on any atom is 0.273 e. The van der Waals surface area contributed by atoms with Crippen LogP contribution in [0.5, 0.6) is 0 Å². The van der Waals surface area contributed by atoms with Crippen LogP contribution in [0.4, 0.5) is 5.69 Å². The average molecular weight is 222 g/mol. The molecule has 1 saturated carbocycles. The molecule has 16 heavy (non-hydrogen) atoms. The third kappa shape index (κ3) is 2.11. The molecule has 4 heteroatoms. The Kier molecular flexibility index (Phi) is 3.29. The van der Waals surface area contributed by atoms with E-state index in [1.54, 1.807) is 17.7 Å². The highest BCUT2D eigenvalue weighted by Crippen LogP contribution is 2.28. The molecule has 1 aromatic heterocycles. The average Bonchev–Trinajstić information content (AvgIpc) is 2.33. The zero-order chi connectivity index (χ0) is 11.5. The van der Waals surface area contributed by atoms with E-state index >= 15 is 0 Å². The third-order valence-corrected chi connectivity index (χ3v) is 3.33. The van der Waals surface area contributed by atoms with Crippen LogP contribution in [0, 0.1) is 0 Å². The lowest BCUT2D eigenvalue weighted by Crippen LogP contribution is -2.31. The standard InChI is InChI=1S/C12H18N2O2/c1-16-10-5-2-4-9(8-10)14-7-3-6-11(13)12(14)15/h3,6-7,9-10H,2,4-5,8,13H2,1H3/t9?,10-/m0/s1. The molecule has 2 rings (SSSR count). The number of pyridine rings is 1. The Morgan fingerprint density at radius 2 is 2.31 bits per heavy atom. The molecule has 1 unspecified atom stereocenters. The molecule has 0 spiro atoms. The van der Waals surface area contributed by atoms with Gasteiger partial charge in [-0.2, -0.15) is 0 Å². The molecule has 1 aliphatic carbocycles. The van der Waals surface area contributed by atoms with Gasteiger partial charge in [0.15, 0.2) is 0 Å². The zero-order valence-corrected chi connectivity index (χ0v) is 9.56. The summed E-state index contributed by atoms with van der Waals surface area (Å²) in [7, 11) is 1.73. The number of nitrogens with two attached hydrogens (primary N) is 1. The third-order valence-electron chi connectivity index (χ3n) is 3.33. The van der Waals surface area contributed by atoms with Gasteiger partial charge in [-0.3, -0.25) is 4.79 Å². The van der Waals surface area contributed by atoms with E-state index in [2.05, 4.69) is 0 Å².